The molecule has 2 saturated heterocycles. The van der Waals surface area contributed by atoms with E-state index in [4.69, 9.17) is 22.1 Å². The minimum absolute atomic E-state index is 0.0644. The average molecular weight is 469 g/mol. The van der Waals surface area contributed by atoms with Crippen LogP contribution >= 0.6 is 11.6 Å². The molecule has 8 heteroatoms. The number of carbonyl (C=O) groups is 2. The SMILES string of the molecule is Nc1cc(CN2CCC(C(=O)N3CCC4(CC3)CC(=O)c3cc(Cl)ccc3O4)CC2)ccn1. The Bertz CT molecular complexity index is 1060. The number of likely N-dealkylation sites (tertiary alicyclic amines) is 2. The summed E-state index contributed by atoms with van der Waals surface area (Å²) in [4.78, 5) is 34.3. The molecule has 3 aliphatic rings. The summed E-state index contributed by atoms with van der Waals surface area (Å²) in [6.45, 7) is 3.88. The lowest BCUT2D eigenvalue weighted by atomic mass is 9.82. The molecule has 2 N–H and O–H groups in total. The van der Waals surface area contributed by atoms with Crippen molar-refractivity contribution >= 4 is 29.1 Å². The Morgan fingerprint density at radius 3 is 2.64 bits per heavy atom. The highest BCUT2D eigenvalue weighted by molar-refractivity contribution is 6.31. The maximum absolute atomic E-state index is 13.2. The van der Waals surface area contributed by atoms with Gasteiger partial charge in [0, 0.05) is 49.6 Å². The topological polar surface area (TPSA) is 88.8 Å². The molecule has 0 unspecified atom stereocenters. The molecule has 4 heterocycles. The summed E-state index contributed by atoms with van der Waals surface area (Å²) >= 11 is 6.04. The summed E-state index contributed by atoms with van der Waals surface area (Å²) in [5, 5.41) is 0.540. The van der Waals surface area contributed by atoms with E-state index in [0.717, 1.165) is 38.0 Å². The number of nitrogens with two attached hydrogens (primary N) is 1. The van der Waals surface area contributed by atoms with Crippen molar-refractivity contribution in [3.05, 3.63) is 52.7 Å². The number of rotatable bonds is 3. The molecule has 174 valence electrons. The number of piperidine rings is 2. The Labute approximate surface area is 198 Å². The monoisotopic (exact) mass is 468 g/mol. The Morgan fingerprint density at radius 2 is 1.91 bits per heavy atom. The van der Waals surface area contributed by atoms with Crippen molar-refractivity contribution in [1.82, 2.24) is 14.8 Å². The molecule has 1 amide bonds. The van der Waals surface area contributed by atoms with Crippen LogP contribution in [0, 0.1) is 5.92 Å². The van der Waals surface area contributed by atoms with Crippen LogP contribution in [0.25, 0.3) is 0 Å². The van der Waals surface area contributed by atoms with Crippen LogP contribution in [0.15, 0.2) is 36.5 Å². The first-order valence-corrected chi connectivity index (χ1v) is 12.0. The van der Waals surface area contributed by atoms with Gasteiger partial charge in [-0.2, -0.15) is 0 Å². The van der Waals surface area contributed by atoms with Crippen LogP contribution < -0.4 is 10.5 Å². The van der Waals surface area contributed by atoms with Gasteiger partial charge in [0.15, 0.2) is 5.78 Å². The van der Waals surface area contributed by atoms with Crippen LogP contribution in [0.1, 0.15) is 48.0 Å². The quantitative estimate of drug-likeness (QED) is 0.741. The number of amides is 1. The zero-order valence-electron chi connectivity index (χ0n) is 18.6. The van der Waals surface area contributed by atoms with E-state index in [2.05, 4.69) is 9.88 Å². The number of fused-ring (bicyclic) bond motifs is 1. The molecule has 5 rings (SSSR count). The molecular weight excluding hydrogens is 440 g/mol. The zero-order valence-corrected chi connectivity index (χ0v) is 19.4. The highest BCUT2D eigenvalue weighted by atomic mass is 35.5. The van der Waals surface area contributed by atoms with Gasteiger partial charge in [-0.1, -0.05) is 11.6 Å². The fourth-order valence-corrected chi connectivity index (χ4v) is 5.50. The fraction of sp³-hybridized carbons (Fsp3) is 0.480. The smallest absolute Gasteiger partial charge is 0.225 e. The van der Waals surface area contributed by atoms with E-state index in [9.17, 15) is 9.59 Å². The molecule has 2 aromatic rings. The lowest BCUT2D eigenvalue weighted by Crippen LogP contribution is -2.53. The van der Waals surface area contributed by atoms with Crippen molar-refractivity contribution in [3.63, 3.8) is 0 Å². The molecule has 1 spiro atoms. The number of aromatic nitrogens is 1. The Balaban J connectivity index is 1.14. The van der Waals surface area contributed by atoms with E-state index in [1.165, 1.54) is 0 Å². The number of nitrogen functional groups attached to an aromatic ring is 1. The van der Waals surface area contributed by atoms with Crippen LogP contribution in [0.3, 0.4) is 0 Å². The maximum atomic E-state index is 13.2. The molecule has 0 atom stereocenters. The van der Waals surface area contributed by atoms with E-state index in [0.29, 0.717) is 54.5 Å². The van der Waals surface area contributed by atoms with Gasteiger partial charge in [0.25, 0.3) is 0 Å². The summed E-state index contributed by atoms with van der Waals surface area (Å²) < 4.78 is 6.30. The molecule has 7 nitrogen and oxygen atoms in total. The molecular formula is C25H29ClN4O3. The second-order valence-electron chi connectivity index (χ2n) is 9.49. The standard InChI is InChI=1S/C25H29ClN4O3/c26-19-1-2-22-20(14-19)21(31)15-25(33-22)6-11-30(12-7-25)24(32)18-4-9-29(10-5-18)16-17-3-8-28-23(27)13-17/h1-3,8,13-14,18H,4-7,9-12,15-16H2,(H2,27,28). The van der Waals surface area contributed by atoms with Crippen molar-refractivity contribution in [3.8, 4) is 5.75 Å². The molecule has 0 saturated carbocycles. The van der Waals surface area contributed by atoms with Crippen LogP contribution in [-0.2, 0) is 11.3 Å². The van der Waals surface area contributed by atoms with Crippen molar-refractivity contribution in [2.24, 2.45) is 5.92 Å². The summed E-state index contributed by atoms with van der Waals surface area (Å²) in [5.74, 6) is 1.53. The second-order valence-corrected chi connectivity index (χ2v) is 9.93. The van der Waals surface area contributed by atoms with Crippen LogP contribution in [0.2, 0.25) is 5.02 Å². The third-order valence-corrected chi connectivity index (χ3v) is 7.46. The first-order chi connectivity index (χ1) is 15.9. The van der Waals surface area contributed by atoms with Crippen molar-refractivity contribution < 1.29 is 14.3 Å². The lowest BCUT2D eigenvalue weighted by Gasteiger charge is -2.45. The summed E-state index contributed by atoms with van der Waals surface area (Å²) in [7, 11) is 0. The minimum Gasteiger partial charge on any atom is -0.486 e. The first-order valence-electron chi connectivity index (χ1n) is 11.6. The normalized spacial score (nSPS) is 21.0. The molecule has 1 aromatic carbocycles. The third-order valence-electron chi connectivity index (χ3n) is 7.23. The Hall–Kier alpha value is -2.64. The van der Waals surface area contributed by atoms with Gasteiger partial charge < -0.3 is 15.4 Å². The molecule has 0 aliphatic carbocycles. The number of benzene rings is 1. The number of anilines is 1. The number of halogens is 1. The summed E-state index contributed by atoms with van der Waals surface area (Å²) in [6, 6.07) is 9.11. The van der Waals surface area contributed by atoms with Gasteiger partial charge in [0.1, 0.15) is 17.2 Å². The van der Waals surface area contributed by atoms with Crippen LogP contribution in [-0.4, -0.2) is 58.3 Å². The van der Waals surface area contributed by atoms with Gasteiger partial charge in [-0.3, -0.25) is 14.5 Å². The average Bonchev–Trinajstić information content (AvgIpc) is 2.80. The molecule has 33 heavy (non-hydrogen) atoms. The van der Waals surface area contributed by atoms with E-state index in [-0.39, 0.29) is 17.6 Å². The van der Waals surface area contributed by atoms with Gasteiger partial charge in [0.05, 0.1) is 12.0 Å². The molecule has 1 aromatic heterocycles. The van der Waals surface area contributed by atoms with E-state index in [1.807, 2.05) is 17.0 Å². The van der Waals surface area contributed by atoms with Gasteiger partial charge in [-0.15, -0.1) is 0 Å². The van der Waals surface area contributed by atoms with Gasteiger partial charge in [0.2, 0.25) is 5.91 Å². The number of hydrogen-bond donors (Lipinski definition) is 1. The minimum atomic E-state index is -0.509. The number of Topliss-reactive ketones (excluding diaryl/α,β-unsaturated/α-hetero) is 1. The number of pyridine rings is 1. The predicted octanol–water partition coefficient (Wildman–Crippen LogP) is 3.56. The molecule has 0 radical (unpaired) electrons. The Morgan fingerprint density at radius 1 is 1.15 bits per heavy atom. The van der Waals surface area contributed by atoms with Crippen molar-refractivity contribution in [2.45, 2.75) is 44.2 Å². The van der Waals surface area contributed by atoms with E-state index < -0.39 is 5.60 Å². The maximum Gasteiger partial charge on any atom is 0.225 e. The van der Waals surface area contributed by atoms with Gasteiger partial charge in [-0.05, 0) is 61.8 Å². The number of ketones is 1. The first kappa shape index (κ1) is 22.2. The zero-order chi connectivity index (χ0) is 23.0. The van der Waals surface area contributed by atoms with Gasteiger partial charge >= 0.3 is 0 Å². The van der Waals surface area contributed by atoms with E-state index in [1.54, 1.807) is 24.4 Å². The second kappa shape index (κ2) is 8.95. The number of ether oxygens (including phenoxy) is 1. The van der Waals surface area contributed by atoms with E-state index >= 15 is 0 Å². The molecule has 2 fully saturated rings. The summed E-state index contributed by atoms with van der Waals surface area (Å²) in [5.41, 5.74) is 6.99. The largest absolute Gasteiger partial charge is 0.486 e. The van der Waals surface area contributed by atoms with Crippen LogP contribution in [0.4, 0.5) is 5.82 Å². The third kappa shape index (κ3) is 4.70. The van der Waals surface area contributed by atoms with Crippen molar-refractivity contribution in [2.75, 3.05) is 31.9 Å². The number of carbonyl (C=O) groups excluding carboxylic acids is 2. The van der Waals surface area contributed by atoms with Crippen molar-refractivity contribution in [1.29, 1.82) is 0 Å². The predicted molar refractivity (Wildman–Crippen MR) is 126 cm³/mol. The highest BCUT2D eigenvalue weighted by Gasteiger charge is 2.44. The highest BCUT2D eigenvalue weighted by Crippen LogP contribution is 2.40. The number of hydrogen-bond acceptors (Lipinski definition) is 6. The fourth-order valence-electron chi connectivity index (χ4n) is 5.33. The lowest BCUT2D eigenvalue weighted by molar-refractivity contribution is -0.140. The van der Waals surface area contributed by atoms with Gasteiger partial charge in [-0.25, -0.2) is 4.98 Å². The summed E-state index contributed by atoms with van der Waals surface area (Å²) in [6.07, 6.45) is 5.17. The molecule has 3 aliphatic heterocycles. The number of nitrogens with zero attached hydrogens (tertiary/aromatic N) is 3. The Kier molecular flexibility index (Phi) is 6.01. The van der Waals surface area contributed by atoms with Crippen LogP contribution in [0.5, 0.6) is 5.75 Å². The molecule has 0 bridgehead atoms.